The summed E-state index contributed by atoms with van der Waals surface area (Å²) in [4.78, 5) is 57.0. The molecule has 4 aromatic rings. The number of esters is 2. The van der Waals surface area contributed by atoms with E-state index in [-0.39, 0.29) is 27.9 Å². The quantitative estimate of drug-likeness (QED) is 0.300. The monoisotopic (exact) mass is 500 g/mol. The average molecular weight is 500 g/mol. The number of hydrogen-bond donors (Lipinski definition) is 0. The van der Waals surface area contributed by atoms with Crippen molar-refractivity contribution in [1.82, 2.24) is 14.8 Å². The van der Waals surface area contributed by atoms with Gasteiger partial charge in [-0.3, -0.25) is 9.59 Å². The molecule has 0 radical (unpaired) electrons. The number of rotatable bonds is 5. The summed E-state index contributed by atoms with van der Waals surface area (Å²) < 4.78 is 16.5. The molecule has 2 amide bonds. The Labute approximate surface area is 210 Å². The van der Waals surface area contributed by atoms with E-state index in [1.54, 1.807) is 23.7 Å². The average Bonchev–Trinajstić information content (AvgIpc) is 3.39. The SMILES string of the molecule is COC(=O)c1cc(C(=O)OC)cc(N2C(=O)c3cnc4c(c(C)nn4-c4ccccc4OC)c3C2=O)c1. The van der Waals surface area contributed by atoms with Gasteiger partial charge in [0, 0.05) is 6.20 Å². The zero-order valence-corrected chi connectivity index (χ0v) is 20.3. The van der Waals surface area contributed by atoms with Gasteiger partial charge in [0.05, 0.1) is 60.4 Å². The molecule has 0 aliphatic carbocycles. The number of hydrogen-bond acceptors (Lipinski definition) is 9. The number of anilines is 1. The van der Waals surface area contributed by atoms with E-state index < -0.39 is 23.8 Å². The molecule has 0 fully saturated rings. The Morgan fingerprint density at radius 3 is 2.16 bits per heavy atom. The predicted octanol–water partition coefficient (Wildman–Crippen LogP) is 3.11. The molecule has 0 bridgehead atoms. The van der Waals surface area contributed by atoms with Crippen molar-refractivity contribution in [3.8, 4) is 11.4 Å². The van der Waals surface area contributed by atoms with Gasteiger partial charge < -0.3 is 14.2 Å². The first kappa shape index (κ1) is 23.7. The third-order valence-corrected chi connectivity index (χ3v) is 6.05. The van der Waals surface area contributed by atoms with Crippen LogP contribution in [-0.2, 0) is 9.47 Å². The second-order valence-corrected chi connectivity index (χ2v) is 8.11. The van der Waals surface area contributed by atoms with Gasteiger partial charge in [-0.15, -0.1) is 0 Å². The lowest BCUT2D eigenvalue weighted by Gasteiger charge is -2.16. The maximum atomic E-state index is 13.7. The molecule has 11 nitrogen and oxygen atoms in total. The summed E-state index contributed by atoms with van der Waals surface area (Å²) in [6.45, 7) is 1.71. The molecule has 0 saturated heterocycles. The van der Waals surface area contributed by atoms with Gasteiger partial charge in [0.2, 0.25) is 0 Å². The fourth-order valence-corrected chi connectivity index (χ4v) is 4.38. The third kappa shape index (κ3) is 3.59. The Hall–Kier alpha value is -5.06. The number of fused-ring (bicyclic) bond motifs is 3. The van der Waals surface area contributed by atoms with Crippen LogP contribution in [0.2, 0.25) is 0 Å². The van der Waals surface area contributed by atoms with Gasteiger partial charge in [-0.2, -0.15) is 5.10 Å². The summed E-state index contributed by atoms with van der Waals surface area (Å²) in [5, 5.41) is 4.97. The zero-order chi connectivity index (χ0) is 26.4. The van der Waals surface area contributed by atoms with Gasteiger partial charge in [-0.05, 0) is 37.3 Å². The second-order valence-electron chi connectivity index (χ2n) is 8.11. The maximum Gasteiger partial charge on any atom is 0.337 e. The van der Waals surface area contributed by atoms with Gasteiger partial charge in [-0.1, -0.05) is 12.1 Å². The Morgan fingerprint density at radius 2 is 1.54 bits per heavy atom. The minimum Gasteiger partial charge on any atom is -0.494 e. The standard InChI is InChI=1S/C26H20N4O7/c1-13-20-21-17(12-27-22(20)30(28-13)18-7-5-6-8-19(18)35-2)23(31)29(24(21)32)16-10-14(25(33)36-3)9-15(11-16)26(34)37-4/h5-12H,1-4H3. The Kier molecular flexibility index (Phi) is 5.67. The first-order chi connectivity index (χ1) is 17.8. The summed E-state index contributed by atoms with van der Waals surface area (Å²) >= 11 is 0. The van der Waals surface area contributed by atoms with Gasteiger partial charge >= 0.3 is 11.9 Å². The summed E-state index contributed by atoms with van der Waals surface area (Å²) in [5.41, 5.74) is 1.60. The number of carbonyl (C=O) groups is 4. The minimum absolute atomic E-state index is 0.0115. The summed E-state index contributed by atoms with van der Waals surface area (Å²) in [6.07, 6.45) is 1.32. The molecule has 1 aliphatic rings. The van der Waals surface area contributed by atoms with Crippen molar-refractivity contribution in [2.45, 2.75) is 6.92 Å². The van der Waals surface area contributed by atoms with Crippen LogP contribution >= 0.6 is 0 Å². The minimum atomic E-state index is -0.749. The Morgan fingerprint density at radius 1 is 0.892 bits per heavy atom. The summed E-state index contributed by atoms with van der Waals surface area (Å²) in [7, 11) is 3.90. The molecular formula is C26H20N4O7. The highest BCUT2D eigenvalue weighted by Gasteiger charge is 2.40. The highest BCUT2D eigenvalue weighted by Crippen LogP contribution is 2.36. The van der Waals surface area contributed by atoms with Crippen molar-refractivity contribution < 1.29 is 33.4 Å². The number of carbonyl (C=O) groups excluding carboxylic acids is 4. The molecule has 2 aromatic heterocycles. The number of amides is 2. The molecule has 0 N–H and O–H groups in total. The van der Waals surface area contributed by atoms with E-state index in [1.807, 2.05) is 12.1 Å². The van der Waals surface area contributed by atoms with Crippen LogP contribution in [0.4, 0.5) is 5.69 Å². The molecule has 0 saturated carbocycles. The van der Waals surface area contributed by atoms with Gasteiger partial charge in [0.1, 0.15) is 11.4 Å². The molecule has 37 heavy (non-hydrogen) atoms. The van der Waals surface area contributed by atoms with Gasteiger partial charge in [0.25, 0.3) is 11.8 Å². The molecule has 3 heterocycles. The fourth-order valence-electron chi connectivity index (χ4n) is 4.38. The van der Waals surface area contributed by atoms with Crippen molar-refractivity contribution >= 4 is 40.5 Å². The number of imide groups is 1. The molecule has 0 spiro atoms. The number of para-hydroxylation sites is 2. The molecule has 0 atom stereocenters. The number of ether oxygens (including phenoxy) is 3. The van der Waals surface area contributed by atoms with Crippen LogP contribution in [-0.4, -0.2) is 59.8 Å². The lowest BCUT2D eigenvalue weighted by molar-refractivity contribution is 0.0597. The van der Waals surface area contributed by atoms with Crippen LogP contribution in [0, 0.1) is 6.92 Å². The molecule has 1 aliphatic heterocycles. The third-order valence-electron chi connectivity index (χ3n) is 6.05. The van der Waals surface area contributed by atoms with Crippen LogP contribution < -0.4 is 9.64 Å². The van der Waals surface area contributed by atoms with E-state index in [0.29, 0.717) is 28.2 Å². The number of pyridine rings is 1. The van der Waals surface area contributed by atoms with Crippen LogP contribution in [0.25, 0.3) is 16.7 Å². The van der Waals surface area contributed by atoms with E-state index in [4.69, 9.17) is 14.2 Å². The van der Waals surface area contributed by atoms with Crippen molar-refractivity contribution in [3.63, 3.8) is 0 Å². The van der Waals surface area contributed by atoms with Crippen LogP contribution in [0.1, 0.15) is 47.1 Å². The fraction of sp³-hybridized carbons (Fsp3) is 0.154. The zero-order valence-electron chi connectivity index (χ0n) is 20.3. The molecule has 186 valence electrons. The second kappa shape index (κ2) is 8.86. The lowest BCUT2D eigenvalue weighted by Crippen LogP contribution is -2.30. The number of nitrogens with zero attached hydrogens (tertiary/aromatic N) is 4. The topological polar surface area (TPSA) is 130 Å². The molecular weight excluding hydrogens is 480 g/mol. The van der Waals surface area contributed by atoms with Crippen LogP contribution in [0.3, 0.4) is 0 Å². The molecule has 2 aromatic carbocycles. The number of methoxy groups -OCH3 is 3. The van der Waals surface area contributed by atoms with Crippen LogP contribution in [0.15, 0.2) is 48.7 Å². The predicted molar refractivity (Wildman–Crippen MR) is 130 cm³/mol. The first-order valence-corrected chi connectivity index (χ1v) is 11.0. The van der Waals surface area contributed by atoms with E-state index >= 15 is 0 Å². The number of benzene rings is 2. The van der Waals surface area contributed by atoms with Gasteiger partial charge in [-0.25, -0.2) is 24.2 Å². The van der Waals surface area contributed by atoms with Crippen molar-refractivity contribution in [3.05, 3.63) is 76.6 Å². The number of aryl methyl sites for hydroxylation is 1. The Bertz CT molecular complexity index is 1610. The van der Waals surface area contributed by atoms with E-state index in [0.717, 1.165) is 4.90 Å². The smallest absolute Gasteiger partial charge is 0.337 e. The normalized spacial score (nSPS) is 12.6. The van der Waals surface area contributed by atoms with Gasteiger partial charge in [0.15, 0.2) is 5.65 Å². The summed E-state index contributed by atoms with van der Waals surface area (Å²) in [6, 6.07) is 11.1. The van der Waals surface area contributed by atoms with Crippen LogP contribution in [0.5, 0.6) is 5.75 Å². The molecule has 0 unspecified atom stereocenters. The highest BCUT2D eigenvalue weighted by molar-refractivity contribution is 6.37. The molecule has 5 rings (SSSR count). The number of aromatic nitrogens is 3. The van der Waals surface area contributed by atoms with Crippen molar-refractivity contribution in [2.75, 3.05) is 26.2 Å². The lowest BCUT2D eigenvalue weighted by atomic mass is 10.1. The highest BCUT2D eigenvalue weighted by atomic mass is 16.5. The largest absolute Gasteiger partial charge is 0.494 e. The van der Waals surface area contributed by atoms with E-state index in [2.05, 4.69) is 10.1 Å². The first-order valence-electron chi connectivity index (χ1n) is 11.0. The van der Waals surface area contributed by atoms with E-state index in [1.165, 1.54) is 45.7 Å². The summed E-state index contributed by atoms with van der Waals surface area (Å²) in [5.74, 6) is -2.25. The van der Waals surface area contributed by atoms with E-state index in [9.17, 15) is 19.2 Å². The molecule has 11 heteroatoms. The maximum absolute atomic E-state index is 13.7. The Balaban J connectivity index is 1.69. The van der Waals surface area contributed by atoms with Crippen molar-refractivity contribution in [2.24, 2.45) is 0 Å². The van der Waals surface area contributed by atoms with Crippen molar-refractivity contribution in [1.29, 1.82) is 0 Å².